The number of carbonyl (C=O) groups is 1. The number of aryl methyl sites for hydroxylation is 1. The summed E-state index contributed by atoms with van der Waals surface area (Å²) in [7, 11) is 0. The third kappa shape index (κ3) is 4.16. The van der Waals surface area contributed by atoms with E-state index in [1.807, 2.05) is 0 Å². The lowest BCUT2D eigenvalue weighted by Crippen LogP contribution is -2.31. The van der Waals surface area contributed by atoms with Crippen LogP contribution in [0.2, 0.25) is 0 Å². The highest BCUT2D eigenvalue weighted by Crippen LogP contribution is 2.34. The molecule has 1 N–H and O–H groups in total. The lowest BCUT2D eigenvalue weighted by atomic mass is 10.1. The molecule has 1 aromatic heterocycles. The fourth-order valence-corrected chi connectivity index (χ4v) is 2.71. The van der Waals surface area contributed by atoms with E-state index in [0.29, 0.717) is 5.39 Å². The highest BCUT2D eigenvalue weighted by Gasteiger charge is 2.34. The van der Waals surface area contributed by atoms with Gasteiger partial charge in [0, 0.05) is 17.5 Å². The first-order valence-electron chi connectivity index (χ1n) is 8.33. The number of halogens is 3. The highest BCUT2D eigenvalue weighted by atomic mass is 19.4. The van der Waals surface area contributed by atoms with Gasteiger partial charge in [-0.1, -0.05) is 12.1 Å². The van der Waals surface area contributed by atoms with Crippen LogP contribution in [0.4, 0.5) is 18.9 Å². The number of hydrogen-bond acceptors (Lipinski definition) is 4. The van der Waals surface area contributed by atoms with Crippen molar-refractivity contribution in [3.05, 3.63) is 70.1 Å². The summed E-state index contributed by atoms with van der Waals surface area (Å²) in [5.41, 5.74) is -0.796. The maximum Gasteiger partial charge on any atom is 0.418 e. The van der Waals surface area contributed by atoms with Crippen LogP contribution in [0, 0.1) is 6.92 Å². The van der Waals surface area contributed by atoms with E-state index in [1.165, 1.54) is 37.3 Å². The van der Waals surface area contributed by atoms with Crippen molar-refractivity contribution in [3.8, 4) is 5.75 Å². The topological polar surface area (TPSA) is 68.5 Å². The Hall–Kier alpha value is -3.29. The number of fused-ring (bicyclic) bond motifs is 1. The maximum absolute atomic E-state index is 13.0. The van der Waals surface area contributed by atoms with E-state index in [-0.39, 0.29) is 17.0 Å². The van der Waals surface area contributed by atoms with E-state index >= 15 is 0 Å². The summed E-state index contributed by atoms with van der Waals surface area (Å²) in [5.74, 6) is -0.504. The van der Waals surface area contributed by atoms with E-state index in [2.05, 4.69) is 5.32 Å². The van der Waals surface area contributed by atoms with Crippen molar-refractivity contribution < 1.29 is 27.1 Å². The van der Waals surface area contributed by atoms with Crippen molar-refractivity contribution in [1.29, 1.82) is 0 Å². The van der Waals surface area contributed by atoms with Crippen LogP contribution in [0.1, 0.15) is 18.1 Å². The second kappa shape index (κ2) is 7.38. The number of alkyl halides is 3. The van der Waals surface area contributed by atoms with E-state index in [4.69, 9.17) is 9.15 Å². The third-order valence-corrected chi connectivity index (χ3v) is 4.10. The summed E-state index contributed by atoms with van der Waals surface area (Å²) >= 11 is 0. The lowest BCUT2D eigenvalue weighted by Gasteiger charge is -2.17. The second-order valence-corrected chi connectivity index (χ2v) is 6.20. The molecule has 0 spiro atoms. The van der Waals surface area contributed by atoms with Crippen molar-refractivity contribution >= 4 is 22.6 Å². The number of anilines is 1. The summed E-state index contributed by atoms with van der Waals surface area (Å²) in [6, 6.07) is 10.8. The van der Waals surface area contributed by atoms with E-state index in [9.17, 15) is 22.8 Å². The molecule has 0 saturated heterocycles. The van der Waals surface area contributed by atoms with Crippen LogP contribution in [-0.2, 0) is 11.0 Å². The molecule has 0 unspecified atom stereocenters. The molecule has 0 aliphatic rings. The fourth-order valence-electron chi connectivity index (χ4n) is 2.71. The molecular formula is C20H16F3NO4. The van der Waals surface area contributed by atoms with Crippen LogP contribution in [0.15, 0.2) is 57.7 Å². The zero-order valence-electron chi connectivity index (χ0n) is 15.0. The molecule has 0 bridgehead atoms. The summed E-state index contributed by atoms with van der Waals surface area (Å²) in [6.45, 7) is 3.16. The van der Waals surface area contributed by atoms with Gasteiger partial charge < -0.3 is 14.5 Å². The molecule has 0 saturated carbocycles. The molecule has 0 aliphatic carbocycles. The molecule has 28 heavy (non-hydrogen) atoms. The van der Waals surface area contributed by atoms with Crippen LogP contribution >= 0.6 is 0 Å². The first-order valence-corrected chi connectivity index (χ1v) is 8.33. The Balaban J connectivity index is 1.78. The van der Waals surface area contributed by atoms with Gasteiger partial charge in [-0.15, -0.1) is 0 Å². The van der Waals surface area contributed by atoms with Gasteiger partial charge in [-0.05, 0) is 43.7 Å². The first-order chi connectivity index (χ1) is 13.1. The molecule has 1 atom stereocenters. The molecule has 3 aromatic rings. The third-order valence-electron chi connectivity index (χ3n) is 4.10. The number of benzene rings is 2. The quantitative estimate of drug-likeness (QED) is 0.664. The van der Waals surface area contributed by atoms with Gasteiger partial charge in [-0.2, -0.15) is 13.2 Å². The highest BCUT2D eigenvalue weighted by molar-refractivity contribution is 5.95. The zero-order chi connectivity index (χ0) is 20.5. The van der Waals surface area contributed by atoms with Gasteiger partial charge in [0.2, 0.25) is 0 Å². The summed E-state index contributed by atoms with van der Waals surface area (Å²) in [6.07, 6.45) is -5.68. The van der Waals surface area contributed by atoms with Gasteiger partial charge in [0.15, 0.2) is 6.10 Å². The Morgan fingerprint density at radius 1 is 1.14 bits per heavy atom. The molecule has 1 amide bonds. The Morgan fingerprint density at radius 3 is 2.57 bits per heavy atom. The van der Waals surface area contributed by atoms with Crippen molar-refractivity contribution in [2.45, 2.75) is 26.1 Å². The van der Waals surface area contributed by atoms with Crippen LogP contribution in [0.5, 0.6) is 5.75 Å². The molecule has 1 heterocycles. The predicted molar refractivity (Wildman–Crippen MR) is 97.4 cm³/mol. The number of amides is 1. The molecule has 0 radical (unpaired) electrons. The first kappa shape index (κ1) is 19.5. The average molecular weight is 391 g/mol. The zero-order valence-corrected chi connectivity index (χ0v) is 15.0. The van der Waals surface area contributed by atoms with Crippen LogP contribution < -0.4 is 15.7 Å². The van der Waals surface area contributed by atoms with Gasteiger partial charge in [0.1, 0.15) is 11.3 Å². The Morgan fingerprint density at radius 2 is 1.86 bits per heavy atom. The number of para-hydroxylation sites is 1. The second-order valence-electron chi connectivity index (χ2n) is 6.20. The molecule has 3 rings (SSSR count). The van der Waals surface area contributed by atoms with Gasteiger partial charge in [0.05, 0.1) is 11.3 Å². The number of nitrogens with one attached hydrogen (secondary N) is 1. The minimum atomic E-state index is -4.60. The van der Waals surface area contributed by atoms with Crippen LogP contribution in [-0.4, -0.2) is 12.0 Å². The van der Waals surface area contributed by atoms with Crippen molar-refractivity contribution in [2.75, 3.05) is 5.32 Å². The molecule has 0 fully saturated rings. The maximum atomic E-state index is 13.0. The number of carbonyl (C=O) groups excluding carboxylic acids is 1. The molecule has 5 nitrogen and oxygen atoms in total. The molecule has 0 aliphatic heterocycles. The largest absolute Gasteiger partial charge is 0.481 e. The lowest BCUT2D eigenvalue weighted by molar-refractivity contribution is -0.137. The summed E-state index contributed by atoms with van der Waals surface area (Å²) in [4.78, 5) is 23.8. The minimum Gasteiger partial charge on any atom is -0.481 e. The van der Waals surface area contributed by atoms with Crippen molar-refractivity contribution in [2.24, 2.45) is 0 Å². The van der Waals surface area contributed by atoms with Crippen molar-refractivity contribution in [3.63, 3.8) is 0 Å². The number of rotatable bonds is 4. The Bertz CT molecular complexity index is 1090. The minimum absolute atomic E-state index is 0.244. The van der Waals surface area contributed by atoms with Gasteiger partial charge >= 0.3 is 11.8 Å². The predicted octanol–water partition coefficient (Wildman–Crippen LogP) is 4.53. The molecule has 8 heteroatoms. The van der Waals surface area contributed by atoms with Crippen LogP contribution in [0.25, 0.3) is 11.0 Å². The van der Waals surface area contributed by atoms with Crippen LogP contribution in [0.3, 0.4) is 0 Å². The van der Waals surface area contributed by atoms with Crippen molar-refractivity contribution in [1.82, 2.24) is 0 Å². The fraction of sp³-hybridized carbons (Fsp3) is 0.200. The smallest absolute Gasteiger partial charge is 0.418 e. The van der Waals surface area contributed by atoms with E-state index in [1.54, 1.807) is 19.1 Å². The molecular weight excluding hydrogens is 375 g/mol. The number of ether oxygens (including phenoxy) is 1. The van der Waals surface area contributed by atoms with Gasteiger partial charge in [0.25, 0.3) is 5.91 Å². The standard InChI is InChI=1S/C20H16F3NO4/c1-11-9-18(25)28-17-10-13(7-8-14(11)17)27-12(2)19(26)24-16-6-4-3-5-15(16)20(21,22)23/h3-10,12H,1-2H3,(H,24,26)/t12-/m0/s1. The van der Waals surface area contributed by atoms with E-state index < -0.39 is 29.4 Å². The monoisotopic (exact) mass is 391 g/mol. The SMILES string of the molecule is Cc1cc(=O)oc2cc(O[C@@H](C)C(=O)Nc3ccccc3C(F)(F)F)ccc12. The normalized spacial score (nSPS) is 12.6. The number of hydrogen-bond donors (Lipinski definition) is 1. The Kier molecular flexibility index (Phi) is 5.13. The summed E-state index contributed by atoms with van der Waals surface area (Å²) in [5, 5.41) is 2.95. The molecule has 2 aromatic carbocycles. The average Bonchev–Trinajstić information content (AvgIpc) is 2.60. The van der Waals surface area contributed by atoms with Gasteiger partial charge in [-0.25, -0.2) is 4.79 Å². The molecule has 146 valence electrons. The van der Waals surface area contributed by atoms with Gasteiger partial charge in [-0.3, -0.25) is 4.79 Å². The Labute approximate surface area is 157 Å². The van der Waals surface area contributed by atoms with E-state index in [0.717, 1.165) is 11.6 Å². The summed E-state index contributed by atoms with van der Waals surface area (Å²) < 4.78 is 49.7.